The van der Waals surface area contributed by atoms with Crippen LogP contribution < -0.4 is 4.90 Å². The van der Waals surface area contributed by atoms with Crippen LogP contribution in [0.25, 0.3) is 10.8 Å². The molecule has 3 aliphatic heterocycles. The second kappa shape index (κ2) is 4.72. The van der Waals surface area contributed by atoms with Gasteiger partial charge in [-0.05, 0) is 17.9 Å². The third-order valence-electron chi connectivity index (χ3n) is 5.52. The predicted molar refractivity (Wildman–Crippen MR) is 89.4 cm³/mol. The molecule has 4 amide bonds. The quantitative estimate of drug-likeness (QED) is 0.808. The Hall–Kier alpha value is -3.09. The summed E-state index contributed by atoms with van der Waals surface area (Å²) in [6.45, 7) is 0.277. The summed E-state index contributed by atoms with van der Waals surface area (Å²) in [7, 11) is 0. The number of carboxylic acid groups (broad SMARTS) is 1. The van der Waals surface area contributed by atoms with Gasteiger partial charge in [0.25, 0.3) is 5.91 Å². The Morgan fingerprint density at radius 1 is 1.08 bits per heavy atom. The molecule has 7 heteroatoms. The van der Waals surface area contributed by atoms with Gasteiger partial charge in [0, 0.05) is 11.9 Å². The molecule has 126 valence electrons. The lowest BCUT2D eigenvalue weighted by Gasteiger charge is -2.32. The summed E-state index contributed by atoms with van der Waals surface area (Å²) in [5.74, 6) is -0.334. The van der Waals surface area contributed by atoms with Crippen molar-refractivity contribution in [1.29, 1.82) is 0 Å². The van der Waals surface area contributed by atoms with Gasteiger partial charge in [-0.25, -0.2) is 14.5 Å². The first kappa shape index (κ1) is 14.3. The average Bonchev–Trinajstić information content (AvgIpc) is 3.26. The highest BCUT2D eigenvalue weighted by Crippen LogP contribution is 2.43. The summed E-state index contributed by atoms with van der Waals surface area (Å²) in [6, 6.07) is 11.4. The number of fused-ring (bicyclic) bond motifs is 6. The molecule has 7 nitrogen and oxygen atoms in total. The molecule has 1 N–H and O–H groups in total. The summed E-state index contributed by atoms with van der Waals surface area (Å²) in [5, 5.41) is 11.1. The number of imide groups is 1. The van der Waals surface area contributed by atoms with E-state index in [0.717, 1.165) is 10.8 Å². The number of urea groups is 1. The molecule has 0 aliphatic carbocycles. The average molecular weight is 337 g/mol. The van der Waals surface area contributed by atoms with Gasteiger partial charge >= 0.3 is 12.1 Å². The lowest BCUT2D eigenvalue weighted by molar-refractivity contribution is -0.121. The molecule has 0 radical (unpaired) electrons. The summed E-state index contributed by atoms with van der Waals surface area (Å²) < 4.78 is 0. The van der Waals surface area contributed by atoms with Crippen molar-refractivity contribution in [1.82, 2.24) is 9.80 Å². The second-order valence-electron chi connectivity index (χ2n) is 6.70. The highest BCUT2D eigenvalue weighted by molar-refractivity contribution is 6.25. The number of amides is 4. The van der Waals surface area contributed by atoms with Crippen LogP contribution in [-0.4, -0.2) is 57.6 Å². The Kier molecular flexibility index (Phi) is 2.69. The van der Waals surface area contributed by atoms with Crippen molar-refractivity contribution >= 4 is 34.5 Å². The molecule has 2 aromatic carbocycles. The molecule has 3 atom stereocenters. The number of nitrogens with zero attached hydrogens (tertiary/aromatic N) is 3. The SMILES string of the molecule is O=C1[C@@H]2[C@@H]3C[C@@H](CN3C(=O)O)N2C(=O)N1c1cccc2ccccc12. The Bertz CT molecular complexity index is 938. The number of likely N-dealkylation sites (tertiary alicyclic amines) is 1. The Balaban J connectivity index is 1.60. The largest absolute Gasteiger partial charge is 0.465 e. The standard InChI is InChI=1S/C18H15N3O4/c22-16-15-14-8-11(9-19(14)18(24)25)20(15)17(23)21(16)13-7-3-5-10-4-1-2-6-12(10)13/h1-7,11,14-15H,8-9H2,(H,24,25)/t11-,14-,15-/m0/s1. The monoisotopic (exact) mass is 337 g/mol. The van der Waals surface area contributed by atoms with Crippen LogP contribution in [0.15, 0.2) is 42.5 Å². The molecule has 0 unspecified atom stereocenters. The Labute approximate surface area is 143 Å². The van der Waals surface area contributed by atoms with Gasteiger partial charge in [0.05, 0.1) is 17.8 Å². The van der Waals surface area contributed by atoms with Crippen LogP contribution in [-0.2, 0) is 4.79 Å². The van der Waals surface area contributed by atoms with Gasteiger partial charge in [-0.3, -0.25) is 4.79 Å². The van der Waals surface area contributed by atoms with E-state index in [-0.39, 0.29) is 24.5 Å². The maximum absolute atomic E-state index is 13.0. The van der Waals surface area contributed by atoms with Crippen molar-refractivity contribution in [2.24, 2.45) is 0 Å². The molecular formula is C18H15N3O4. The molecule has 0 saturated carbocycles. The molecule has 3 heterocycles. The van der Waals surface area contributed by atoms with Gasteiger partial charge in [0.15, 0.2) is 0 Å². The van der Waals surface area contributed by atoms with E-state index in [1.54, 1.807) is 11.0 Å². The number of benzene rings is 2. The van der Waals surface area contributed by atoms with Gasteiger partial charge < -0.3 is 14.9 Å². The molecule has 2 aromatic rings. The zero-order valence-corrected chi connectivity index (χ0v) is 13.2. The molecule has 3 fully saturated rings. The van der Waals surface area contributed by atoms with Crippen LogP contribution in [0, 0.1) is 0 Å². The molecule has 3 aliphatic rings. The fourth-order valence-electron chi connectivity index (χ4n) is 4.50. The van der Waals surface area contributed by atoms with Gasteiger partial charge in [-0.1, -0.05) is 36.4 Å². The van der Waals surface area contributed by atoms with Crippen molar-refractivity contribution < 1.29 is 19.5 Å². The van der Waals surface area contributed by atoms with Crippen LogP contribution in [0.5, 0.6) is 0 Å². The summed E-state index contributed by atoms with van der Waals surface area (Å²) in [5.41, 5.74) is 0.559. The first-order chi connectivity index (χ1) is 12.1. The third kappa shape index (κ3) is 1.72. The molecule has 0 aromatic heterocycles. The van der Waals surface area contributed by atoms with E-state index in [2.05, 4.69) is 0 Å². The minimum absolute atomic E-state index is 0.220. The third-order valence-corrected chi connectivity index (χ3v) is 5.52. The van der Waals surface area contributed by atoms with Crippen molar-refractivity contribution in [3.8, 4) is 0 Å². The molecular weight excluding hydrogens is 322 g/mol. The van der Waals surface area contributed by atoms with Crippen LogP contribution in [0.3, 0.4) is 0 Å². The van der Waals surface area contributed by atoms with E-state index >= 15 is 0 Å². The number of rotatable bonds is 1. The molecule has 2 bridgehead atoms. The van der Waals surface area contributed by atoms with Crippen molar-refractivity contribution in [2.75, 3.05) is 11.4 Å². The molecule has 0 spiro atoms. The minimum Gasteiger partial charge on any atom is -0.465 e. The highest BCUT2D eigenvalue weighted by atomic mass is 16.4. The minimum atomic E-state index is -1.03. The number of hydrogen-bond donors (Lipinski definition) is 1. The van der Waals surface area contributed by atoms with Gasteiger partial charge in [-0.15, -0.1) is 0 Å². The smallest absolute Gasteiger partial charge is 0.407 e. The second-order valence-corrected chi connectivity index (χ2v) is 6.70. The highest BCUT2D eigenvalue weighted by Gasteiger charge is 2.63. The normalized spacial score (nSPS) is 27.5. The molecule has 25 heavy (non-hydrogen) atoms. The fourth-order valence-corrected chi connectivity index (χ4v) is 4.50. The van der Waals surface area contributed by atoms with E-state index in [4.69, 9.17) is 0 Å². The van der Waals surface area contributed by atoms with Crippen LogP contribution in [0.2, 0.25) is 0 Å². The van der Waals surface area contributed by atoms with Crippen LogP contribution in [0.4, 0.5) is 15.3 Å². The van der Waals surface area contributed by atoms with Gasteiger partial charge in [0.2, 0.25) is 0 Å². The fraction of sp³-hybridized carbons (Fsp3) is 0.278. The Morgan fingerprint density at radius 3 is 2.64 bits per heavy atom. The number of carbonyl (C=O) groups excluding carboxylic acids is 2. The van der Waals surface area contributed by atoms with E-state index in [9.17, 15) is 19.5 Å². The predicted octanol–water partition coefficient (Wildman–Crippen LogP) is 2.11. The number of hydrogen-bond acceptors (Lipinski definition) is 3. The maximum Gasteiger partial charge on any atom is 0.407 e. The maximum atomic E-state index is 13.0. The van der Waals surface area contributed by atoms with Crippen molar-refractivity contribution in [3.63, 3.8) is 0 Å². The number of piperazine rings is 1. The molecule has 3 saturated heterocycles. The van der Waals surface area contributed by atoms with Crippen LogP contribution in [0.1, 0.15) is 6.42 Å². The number of anilines is 1. The lowest BCUT2D eigenvalue weighted by Crippen LogP contribution is -2.54. The zero-order chi connectivity index (χ0) is 17.3. The van der Waals surface area contributed by atoms with E-state index < -0.39 is 18.2 Å². The van der Waals surface area contributed by atoms with E-state index in [1.165, 1.54) is 9.80 Å². The first-order valence-electron chi connectivity index (χ1n) is 8.21. The summed E-state index contributed by atoms with van der Waals surface area (Å²) in [4.78, 5) is 41.5. The molecule has 5 rings (SSSR count). The lowest BCUT2D eigenvalue weighted by atomic mass is 10.1. The topological polar surface area (TPSA) is 81.2 Å². The van der Waals surface area contributed by atoms with Gasteiger partial charge in [-0.2, -0.15) is 0 Å². The summed E-state index contributed by atoms with van der Waals surface area (Å²) in [6.07, 6.45) is -0.492. The van der Waals surface area contributed by atoms with Crippen LogP contribution >= 0.6 is 0 Å². The first-order valence-corrected chi connectivity index (χ1v) is 8.21. The van der Waals surface area contributed by atoms with E-state index in [1.807, 2.05) is 36.4 Å². The van der Waals surface area contributed by atoms with Gasteiger partial charge in [0.1, 0.15) is 6.04 Å². The zero-order valence-electron chi connectivity index (χ0n) is 13.2. The van der Waals surface area contributed by atoms with Crippen molar-refractivity contribution in [2.45, 2.75) is 24.5 Å². The number of carbonyl (C=O) groups is 3. The van der Waals surface area contributed by atoms with Crippen molar-refractivity contribution in [3.05, 3.63) is 42.5 Å². The Morgan fingerprint density at radius 2 is 1.84 bits per heavy atom. The van der Waals surface area contributed by atoms with E-state index in [0.29, 0.717) is 12.1 Å². The summed E-state index contributed by atoms with van der Waals surface area (Å²) >= 11 is 0.